The molecule has 0 amide bonds. The molecule has 140 valence electrons. The molecule has 3 nitrogen and oxygen atoms in total. The van der Waals surface area contributed by atoms with Crippen molar-refractivity contribution in [3.05, 3.63) is 51.8 Å². The number of aliphatic hydroxyl groups excluding tert-OH is 1. The topological polar surface area (TPSA) is 43.5 Å². The van der Waals surface area contributed by atoms with Crippen LogP contribution in [0.1, 0.15) is 63.5 Å². The average molecular weight is 373 g/mol. The lowest BCUT2D eigenvalue weighted by Gasteiger charge is -2.39. The molecular formula is C22H30NO2S+. The molecule has 3 rings (SSSR count). The summed E-state index contributed by atoms with van der Waals surface area (Å²) >= 11 is 1.93. The lowest BCUT2D eigenvalue weighted by molar-refractivity contribution is -0.430. The number of hydrogen-bond acceptors (Lipinski definition) is 3. The third-order valence-electron chi connectivity index (χ3n) is 5.79. The van der Waals surface area contributed by atoms with Crippen molar-refractivity contribution < 1.29 is 14.8 Å². The number of allylic oxidation sites excluding steroid dienone is 5. The minimum Gasteiger partial charge on any atom is -0.481 e. The van der Waals surface area contributed by atoms with Crippen LogP contribution in [0.3, 0.4) is 0 Å². The highest BCUT2D eigenvalue weighted by Crippen LogP contribution is 2.53. The van der Waals surface area contributed by atoms with Crippen molar-refractivity contribution in [1.29, 1.82) is 0 Å². The Morgan fingerprint density at radius 3 is 2.12 bits per heavy atom. The Morgan fingerprint density at radius 2 is 1.62 bits per heavy atom. The molecule has 0 aromatic carbocycles. The normalized spacial score (nSPS) is 20.2. The molecule has 1 aromatic heterocycles. The summed E-state index contributed by atoms with van der Waals surface area (Å²) < 4.78 is 2.34. The first-order valence-electron chi connectivity index (χ1n) is 9.35. The van der Waals surface area contributed by atoms with E-state index in [1.807, 2.05) is 23.5 Å². The van der Waals surface area contributed by atoms with Crippen LogP contribution >= 0.6 is 11.3 Å². The Kier molecular flexibility index (Phi) is 4.68. The zero-order valence-electron chi connectivity index (χ0n) is 16.7. The fourth-order valence-electron chi connectivity index (χ4n) is 4.15. The van der Waals surface area contributed by atoms with Gasteiger partial charge in [0.2, 0.25) is 5.71 Å². The molecule has 0 saturated heterocycles. The maximum Gasteiger partial charge on any atom is 0.281 e. The standard InChI is InChI=1S/C22H29NO2S/c1-7-23(16-10-8-15(9-11-16)20(24)25)19-14(2)17-18(26-19)22(5,6)13-12-21(17,3)4/h8-11H,7,12-13H2,1-6H3,(H,24,25)/p+1. The molecule has 0 fully saturated rings. The minimum atomic E-state index is -0.633. The molecule has 2 aliphatic rings. The molecule has 4 heteroatoms. The number of hydrogen-bond donors (Lipinski definition) is 2. The van der Waals surface area contributed by atoms with E-state index in [0.29, 0.717) is 5.57 Å². The quantitative estimate of drug-likeness (QED) is 0.496. The van der Waals surface area contributed by atoms with Gasteiger partial charge < -0.3 is 10.2 Å². The van der Waals surface area contributed by atoms with Crippen molar-refractivity contribution in [2.75, 3.05) is 6.54 Å². The van der Waals surface area contributed by atoms with Crippen molar-refractivity contribution >= 4 is 22.0 Å². The summed E-state index contributed by atoms with van der Waals surface area (Å²) in [6.45, 7) is 14.8. The van der Waals surface area contributed by atoms with Crippen molar-refractivity contribution in [2.24, 2.45) is 0 Å². The maximum atomic E-state index is 9.26. The molecule has 0 bridgehead atoms. The zero-order valence-corrected chi connectivity index (χ0v) is 17.5. The highest BCUT2D eigenvalue weighted by molar-refractivity contribution is 7.15. The van der Waals surface area contributed by atoms with Crippen molar-refractivity contribution in [3.8, 4) is 0 Å². The van der Waals surface area contributed by atoms with Gasteiger partial charge in [0.15, 0.2) is 0 Å². The number of rotatable bonds is 2. The molecule has 26 heavy (non-hydrogen) atoms. The molecule has 0 spiro atoms. The van der Waals surface area contributed by atoms with E-state index >= 15 is 0 Å². The molecular weight excluding hydrogens is 342 g/mol. The third kappa shape index (κ3) is 3.05. The van der Waals surface area contributed by atoms with E-state index in [0.717, 1.165) is 12.3 Å². The lowest BCUT2D eigenvalue weighted by Crippen LogP contribution is -2.32. The van der Waals surface area contributed by atoms with Gasteiger partial charge in [-0.05, 0) is 55.2 Å². The summed E-state index contributed by atoms with van der Waals surface area (Å²) in [7, 11) is 0. The first-order valence-corrected chi connectivity index (χ1v) is 10.2. The van der Waals surface area contributed by atoms with Gasteiger partial charge in [0, 0.05) is 22.6 Å². The third-order valence-corrected chi connectivity index (χ3v) is 7.47. The highest BCUT2D eigenvalue weighted by Gasteiger charge is 2.42. The van der Waals surface area contributed by atoms with Gasteiger partial charge in [-0.1, -0.05) is 39.0 Å². The van der Waals surface area contributed by atoms with Gasteiger partial charge in [0.25, 0.3) is 10.9 Å². The molecule has 0 radical (unpaired) electrons. The molecule has 2 aliphatic carbocycles. The highest BCUT2D eigenvalue weighted by atomic mass is 32.1. The maximum absolute atomic E-state index is 9.26. The smallest absolute Gasteiger partial charge is 0.281 e. The van der Waals surface area contributed by atoms with Crippen LogP contribution in [-0.4, -0.2) is 27.0 Å². The molecule has 2 N–H and O–H groups in total. The number of aliphatic hydroxyl groups is 2. The van der Waals surface area contributed by atoms with Crippen LogP contribution in [0, 0.1) is 6.92 Å². The molecule has 0 saturated carbocycles. The van der Waals surface area contributed by atoms with Gasteiger partial charge in [-0.15, -0.1) is 0 Å². The molecule has 0 aliphatic heterocycles. The number of thiophene rings is 1. The SMILES string of the molecule is CC[N+](=C1C=CC(=C(O)O)C=C1)c1sc2c(c1C)C(C)(C)CCC2(C)C. The first-order chi connectivity index (χ1) is 12.1. The van der Waals surface area contributed by atoms with Gasteiger partial charge in [-0.3, -0.25) is 0 Å². The Hall–Kier alpha value is -1.81. The number of nitrogens with zero attached hydrogens (tertiary/aromatic N) is 1. The largest absolute Gasteiger partial charge is 0.481 e. The van der Waals surface area contributed by atoms with Gasteiger partial charge in [0.05, 0.1) is 5.57 Å². The van der Waals surface area contributed by atoms with Crippen molar-refractivity contribution in [2.45, 2.75) is 65.2 Å². The van der Waals surface area contributed by atoms with Crippen molar-refractivity contribution in [3.63, 3.8) is 0 Å². The van der Waals surface area contributed by atoms with E-state index in [2.05, 4.69) is 46.1 Å². The molecule has 0 unspecified atom stereocenters. The Labute approximate surface area is 160 Å². The number of fused-ring (bicyclic) bond motifs is 1. The second kappa shape index (κ2) is 6.41. The summed E-state index contributed by atoms with van der Waals surface area (Å²) in [6, 6.07) is 0. The van der Waals surface area contributed by atoms with Crippen LogP contribution in [0.2, 0.25) is 0 Å². The van der Waals surface area contributed by atoms with E-state index in [9.17, 15) is 10.2 Å². The second-order valence-corrected chi connectivity index (χ2v) is 9.62. The Bertz CT molecular complexity index is 841. The van der Waals surface area contributed by atoms with Crippen LogP contribution < -0.4 is 0 Å². The van der Waals surface area contributed by atoms with Crippen LogP contribution in [0.4, 0.5) is 5.00 Å². The minimum absolute atomic E-state index is 0.213. The van der Waals surface area contributed by atoms with E-state index in [1.165, 1.54) is 33.8 Å². The monoisotopic (exact) mass is 372 g/mol. The van der Waals surface area contributed by atoms with E-state index in [-0.39, 0.29) is 10.8 Å². The van der Waals surface area contributed by atoms with Gasteiger partial charge in [-0.2, -0.15) is 4.58 Å². The van der Waals surface area contributed by atoms with E-state index < -0.39 is 5.95 Å². The first kappa shape index (κ1) is 19.0. The van der Waals surface area contributed by atoms with Crippen LogP contribution in [-0.2, 0) is 10.8 Å². The molecule has 1 heterocycles. The predicted octanol–water partition coefficient (Wildman–Crippen LogP) is 5.96. The van der Waals surface area contributed by atoms with Gasteiger partial charge in [0.1, 0.15) is 6.54 Å². The summed E-state index contributed by atoms with van der Waals surface area (Å²) in [5, 5.41) is 19.8. The fourth-order valence-corrected chi connectivity index (χ4v) is 5.85. The average Bonchev–Trinajstić information content (AvgIpc) is 2.93. The summed E-state index contributed by atoms with van der Waals surface area (Å²) in [5.74, 6) is -0.633. The van der Waals surface area contributed by atoms with E-state index in [4.69, 9.17) is 0 Å². The van der Waals surface area contributed by atoms with Crippen LogP contribution in [0.5, 0.6) is 0 Å². The van der Waals surface area contributed by atoms with Gasteiger partial charge >= 0.3 is 0 Å². The predicted molar refractivity (Wildman–Crippen MR) is 110 cm³/mol. The van der Waals surface area contributed by atoms with Gasteiger partial charge in [-0.25, -0.2) is 0 Å². The lowest BCUT2D eigenvalue weighted by atomic mass is 9.66. The Morgan fingerprint density at radius 1 is 1.04 bits per heavy atom. The summed E-state index contributed by atoms with van der Waals surface area (Å²) in [4.78, 5) is 1.53. The second-order valence-electron chi connectivity index (χ2n) is 8.62. The summed E-state index contributed by atoms with van der Waals surface area (Å²) in [6.07, 6.45) is 9.86. The Balaban J connectivity index is 2.18. The van der Waals surface area contributed by atoms with Crippen molar-refractivity contribution in [1.82, 2.24) is 0 Å². The fraction of sp³-hybridized carbons (Fsp3) is 0.500. The van der Waals surface area contributed by atoms with Crippen LogP contribution in [0.15, 0.2) is 35.8 Å². The molecule has 1 aromatic rings. The zero-order chi connectivity index (χ0) is 19.3. The molecule has 0 atom stereocenters. The van der Waals surface area contributed by atoms with Crippen LogP contribution in [0.25, 0.3) is 0 Å². The van der Waals surface area contributed by atoms with E-state index in [1.54, 1.807) is 12.2 Å². The summed E-state index contributed by atoms with van der Waals surface area (Å²) in [5.41, 5.74) is 4.88.